The maximum atomic E-state index is 10.8. The third kappa shape index (κ3) is 3.40. The van der Waals surface area contributed by atoms with Gasteiger partial charge in [0, 0.05) is 0 Å². The molecule has 0 saturated heterocycles. The summed E-state index contributed by atoms with van der Waals surface area (Å²) in [4.78, 5) is 9.85. The van der Waals surface area contributed by atoms with Crippen LogP contribution in [0.1, 0.15) is 0 Å². The van der Waals surface area contributed by atoms with Gasteiger partial charge in [0.1, 0.15) is 0 Å². The molecule has 0 bridgehead atoms. The highest BCUT2D eigenvalue weighted by Crippen LogP contribution is 2.11. The summed E-state index contributed by atoms with van der Waals surface area (Å²) in [6.45, 7) is 0. The minimum Gasteiger partial charge on any atom is -0.248 e. The highest BCUT2D eigenvalue weighted by atomic mass is 32.2. The first kappa shape index (κ1) is 11.2. The first-order valence-electron chi connectivity index (χ1n) is 3.68. The monoisotopic (exact) mass is 232 g/mol. The molecule has 1 aromatic rings. The van der Waals surface area contributed by atoms with Gasteiger partial charge in [-0.2, -0.15) is 0 Å². The Bertz CT molecular complexity index is 455. The van der Waals surface area contributed by atoms with Crippen LogP contribution in [0.4, 0.5) is 5.69 Å². The van der Waals surface area contributed by atoms with Crippen molar-refractivity contribution in [2.45, 2.75) is 4.90 Å². The smallest absolute Gasteiger partial charge is 0.238 e. The van der Waals surface area contributed by atoms with Crippen LogP contribution in [0.5, 0.6) is 0 Å². The number of rotatable bonds is 4. The Hall–Kier alpha value is -1.87. The van der Waals surface area contributed by atoms with Crippen LogP contribution in [-0.2, 0) is 10.0 Å². The minimum atomic E-state index is -3.73. The molecule has 0 unspecified atom stereocenters. The molecule has 0 heterocycles. The summed E-state index contributed by atoms with van der Waals surface area (Å²) in [5.74, 6) is 0. The average molecular weight is 232 g/mol. The van der Waals surface area contributed by atoms with Crippen molar-refractivity contribution < 1.29 is 13.5 Å². The number of benzene rings is 1. The van der Waals surface area contributed by atoms with Gasteiger partial charge in [-0.15, -0.1) is 0 Å². The van der Waals surface area contributed by atoms with Crippen LogP contribution in [0, 0.1) is 10.1 Å². The van der Waals surface area contributed by atoms with Crippen LogP contribution in [0.2, 0.25) is 0 Å². The number of hydrogen-bond donors (Lipinski definition) is 3. The Morgan fingerprint density at radius 1 is 1.27 bits per heavy atom. The number of nitrogens with zero attached hydrogens (tertiary/aromatic N) is 1. The van der Waals surface area contributed by atoms with Crippen LogP contribution in [0.25, 0.3) is 0 Å². The lowest BCUT2D eigenvalue weighted by Crippen LogP contribution is -2.27. The van der Waals surface area contributed by atoms with Gasteiger partial charge in [0.05, 0.1) is 10.6 Å². The molecule has 0 aliphatic rings. The number of nitrogens with two attached hydrogens (primary N) is 1. The Balaban J connectivity index is 2.77. The summed E-state index contributed by atoms with van der Waals surface area (Å²) < 4.78 is 21.7. The molecule has 0 atom stereocenters. The number of sulfonamides is 1. The molecule has 0 spiro atoms. The van der Waals surface area contributed by atoms with E-state index >= 15 is 0 Å². The summed E-state index contributed by atoms with van der Waals surface area (Å²) in [7, 11) is -3.73. The lowest BCUT2D eigenvalue weighted by Gasteiger charge is -2.02. The number of nitrogens with one attached hydrogen (secondary N) is 2. The van der Waals surface area contributed by atoms with Gasteiger partial charge in [0.25, 0.3) is 0 Å². The maximum absolute atomic E-state index is 10.8. The number of primary sulfonamides is 1. The molecule has 1 aromatic carbocycles. The number of hydrogen-bond acceptors (Lipinski definition) is 5. The van der Waals surface area contributed by atoms with Crippen molar-refractivity contribution >= 4 is 15.7 Å². The Kier molecular flexibility index (Phi) is 3.07. The fourth-order valence-corrected chi connectivity index (χ4v) is 1.35. The topological polar surface area (TPSA) is 127 Å². The normalized spacial score (nSPS) is 10.7. The van der Waals surface area contributed by atoms with E-state index in [0.717, 1.165) is 0 Å². The van der Waals surface area contributed by atoms with E-state index in [9.17, 15) is 18.5 Å². The van der Waals surface area contributed by atoms with E-state index in [0.29, 0.717) is 5.69 Å². The van der Waals surface area contributed by atoms with E-state index in [-0.39, 0.29) is 4.90 Å². The van der Waals surface area contributed by atoms with Gasteiger partial charge >= 0.3 is 0 Å². The van der Waals surface area contributed by atoms with Crippen molar-refractivity contribution in [1.82, 2.24) is 5.53 Å². The van der Waals surface area contributed by atoms with Gasteiger partial charge in [-0.25, -0.2) is 29.1 Å². The largest absolute Gasteiger partial charge is 0.248 e. The van der Waals surface area contributed by atoms with E-state index in [1.807, 2.05) is 0 Å². The van der Waals surface area contributed by atoms with Crippen molar-refractivity contribution in [2.24, 2.45) is 5.14 Å². The molecule has 82 valence electrons. The standard InChI is InChI=1S/C6H8N4O4S/c7-15(13,14)6-3-1-5(2-4-6)8-9-10(11)12/h1-4,8-9H,(H2,7,13,14). The zero-order chi connectivity index (χ0) is 11.5. The highest BCUT2D eigenvalue weighted by Gasteiger charge is 2.06. The van der Waals surface area contributed by atoms with Gasteiger partial charge in [0.2, 0.25) is 10.0 Å². The number of anilines is 1. The summed E-state index contributed by atoms with van der Waals surface area (Å²) in [5, 5.41) is 14.0. The van der Waals surface area contributed by atoms with Gasteiger partial charge in [-0.3, -0.25) is 0 Å². The number of hydrazine groups is 2. The van der Waals surface area contributed by atoms with Crippen molar-refractivity contribution in [3.05, 3.63) is 34.4 Å². The Morgan fingerprint density at radius 3 is 2.20 bits per heavy atom. The summed E-state index contributed by atoms with van der Waals surface area (Å²) >= 11 is 0. The fraction of sp³-hybridized carbons (Fsp3) is 0. The van der Waals surface area contributed by atoms with Crippen molar-refractivity contribution in [3.63, 3.8) is 0 Å². The SMILES string of the molecule is NS(=O)(=O)c1ccc(NN[N+](=O)[O-])cc1. The molecule has 0 saturated carbocycles. The maximum Gasteiger partial charge on any atom is 0.238 e. The average Bonchev–Trinajstić information content (AvgIpc) is 2.14. The van der Waals surface area contributed by atoms with Crippen LogP contribution >= 0.6 is 0 Å². The predicted octanol–water partition coefficient (Wildman–Crippen LogP) is -0.558. The minimum absolute atomic E-state index is 0.0610. The molecule has 0 amide bonds. The lowest BCUT2D eigenvalue weighted by molar-refractivity contribution is -0.538. The Morgan fingerprint density at radius 2 is 1.80 bits per heavy atom. The van der Waals surface area contributed by atoms with Crippen LogP contribution in [-0.4, -0.2) is 13.5 Å². The molecule has 0 aliphatic heterocycles. The van der Waals surface area contributed by atoms with Crippen molar-refractivity contribution in [2.75, 3.05) is 5.43 Å². The third-order valence-corrected chi connectivity index (χ3v) is 2.40. The molecule has 0 radical (unpaired) electrons. The second kappa shape index (κ2) is 4.11. The molecule has 15 heavy (non-hydrogen) atoms. The van der Waals surface area contributed by atoms with Crippen LogP contribution in [0.15, 0.2) is 29.2 Å². The lowest BCUT2D eigenvalue weighted by atomic mass is 10.3. The first-order valence-corrected chi connectivity index (χ1v) is 5.23. The van der Waals surface area contributed by atoms with Crippen molar-refractivity contribution in [1.29, 1.82) is 0 Å². The quantitative estimate of drug-likeness (QED) is 0.471. The van der Waals surface area contributed by atoms with Gasteiger partial charge in [-0.1, -0.05) is 0 Å². The van der Waals surface area contributed by atoms with Gasteiger partial charge in [0.15, 0.2) is 5.03 Å². The van der Waals surface area contributed by atoms with E-state index < -0.39 is 15.1 Å². The van der Waals surface area contributed by atoms with E-state index in [1.54, 1.807) is 5.53 Å². The predicted molar refractivity (Wildman–Crippen MR) is 51.6 cm³/mol. The first-order chi connectivity index (χ1) is 6.89. The van der Waals surface area contributed by atoms with Gasteiger partial charge < -0.3 is 0 Å². The highest BCUT2D eigenvalue weighted by molar-refractivity contribution is 7.89. The fourth-order valence-electron chi connectivity index (χ4n) is 0.838. The summed E-state index contributed by atoms with van der Waals surface area (Å²) in [5.41, 5.74) is 4.30. The molecular formula is C6H8N4O4S. The molecule has 0 fully saturated rings. The van der Waals surface area contributed by atoms with Crippen LogP contribution in [0.3, 0.4) is 0 Å². The summed E-state index contributed by atoms with van der Waals surface area (Å²) in [6, 6.07) is 5.16. The summed E-state index contributed by atoms with van der Waals surface area (Å²) in [6.07, 6.45) is 0. The van der Waals surface area contributed by atoms with Gasteiger partial charge in [-0.05, 0) is 29.8 Å². The second-order valence-electron chi connectivity index (χ2n) is 2.56. The van der Waals surface area contributed by atoms with E-state index in [4.69, 9.17) is 5.14 Å². The molecule has 4 N–H and O–H groups in total. The number of nitro groups is 1. The zero-order valence-corrected chi connectivity index (χ0v) is 8.19. The van der Waals surface area contributed by atoms with Crippen LogP contribution < -0.4 is 16.1 Å². The molecule has 1 rings (SSSR count). The molecule has 0 aromatic heterocycles. The van der Waals surface area contributed by atoms with E-state index in [1.165, 1.54) is 24.3 Å². The molecule has 0 aliphatic carbocycles. The third-order valence-electron chi connectivity index (χ3n) is 1.47. The molecular weight excluding hydrogens is 224 g/mol. The zero-order valence-electron chi connectivity index (χ0n) is 7.38. The second-order valence-corrected chi connectivity index (χ2v) is 4.12. The van der Waals surface area contributed by atoms with E-state index in [2.05, 4.69) is 5.43 Å². The molecule has 9 heteroatoms. The Labute approximate surface area is 85.2 Å². The molecule has 8 nitrogen and oxygen atoms in total. The van der Waals surface area contributed by atoms with Crippen molar-refractivity contribution in [3.8, 4) is 0 Å².